The molecule has 3 atom stereocenters. The van der Waals surface area contributed by atoms with E-state index >= 15 is 0 Å². The molecule has 4 heteroatoms. The lowest BCUT2D eigenvalue weighted by Gasteiger charge is -2.22. The molecule has 0 fully saturated rings. The maximum absolute atomic E-state index is 9.45. The average Bonchev–Trinajstić information content (AvgIpc) is 2.17. The summed E-state index contributed by atoms with van der Waals surface area (Å²) in [6, 6.07) is 0. The first-order valence-electron chi connectivity index (χ1n) is 5.28. The SMILES string of the molecule is CCC[C@@H](O)[C@H](O)[C@@H](O)CCCCO. The van der Waals surface area contributed by atoms with E-state index in [9.17, 15) is 15.3 Å². The molecule has 0 aromatic carbocycles. The highest BCUT2D eigenvalue weighted by molar-refractivity contribution is 4.74. The van der Waals surface area contributed by atoms with Gasteiger partial charge in [0.2, 0.25) is 0 Å². The van der Waals surface area contributed by atoms with Gasteiger partial charge in [0.05, 0.1) is 12.2 Å². The van der Waals surface area contributed by atoms with Crippen LogP contribution in [0.25, 0.3) is 0 Å². The lowest BCUT2D eigenvalue weighted by Crippen LogP contribution is -2.37. The first-order valence-corrected chi connectivity index (χ1v) is 5.28. The maximum Gasteiger partial charge on any atom is 0.106 e. The molecule has 0 spiro atoms. The molecule has 0 aromatic rings. The van der Waals surface area contributed by atoms with Crippen LogP contribution in [0, 0.1) is 0 Å². The molecule has 0 bridgehead atoms. The Bertz CT molecular complexity index is 129. The van der Waals surface area contributed by atoms with Crippen molar-refractivity contribution in [1.82, 2.24) is 0 Å². The van der Waals surface area contributed by atoms with Crippen molar-refractivity contribution < 1.29 is 20.4 Å². The van der Waals surface area contributed by atoms with Crippen molar-refractivity contribution in [2.24, 2.45) is 0 Å². The van der Waals surface area contributed by atoms with Crippen molar-refractivity contribution in [3.63, 3.8) is 0 Å². The molecule has 0 aliphatic rings. The summed E-state index contributed by atoms with van der Waals surface area (Å²) in [5.74, 6) is 0. The van der Waals surface area contributed by atoms with E-state index in [1.165, 1.54) is 0 Å². The first kappa shape index (κ1) is 13.8. The Morgan fingerprint density at radius 1 is 0.929 bits per heavy atom. The molecule has 86 valence electrons. The van der Waals surface area contributed by atoms with Gasteiger partial charge in [-0.05, 0) is 25.7 Å². The third kappa shape index (κ3) is 5.54. The maximum atomic E-state index is 9.45. The van der Waals surface area contributed by atoms with Crippen LogP contribution in [0.15, 0.2) is 0 Å². The van der Waals surface area contributed by atoms with Gasteiger partial charge in [0.25, 0.3) is 0 Å². The second-order valence-electron chi connectivity index (χ2n) is 3.63. The van der Waals surface area contributed by atoms with Gasteiger partial charge in [0.1, 0.15) is 6.10 Å². The normalized spacial score (nSPS) is 17.8. The minimum atomic E-state index is -1.06. The molecule has 0 radical (unpaired) electrons. The summed E-state index contributed by atoms with van der Waals surface area (Å²) in [6.45, 7) is 2.01. The molecule has 0 aliphatic carbocycles. The Morgan fingerprint density at radius 2 is 1.50 bits per heavy atom. The van der Waals surface area contributed by atoms with E-state index in [1.807, 2.05) is 6.92 Å². The van der Waals surface area contributed by atoms with E-state index in [0.717, 1.165) is 6.42 Å². The molecular formula is C10H22O4. The highest BCUT2D eigenvalue weighted by atomic mass is 16.4. The van der Waals surface area contributed by atoms with Gasteiger partial charge in [-0.3, -0.25) is 0 Å². The number of rotatable bonds is 8. The third-order valence-corrected chi connectivity index (χ3v) is 2.28. The minimum absolute atomic E-state index is 0.0975. The van der Waals surface area contributed by atoms with Crippen LogP contribution in [0.3, 0.4) is 0 Å². The van der Waals surface area contributed by atoms with E-state index in [2.05, 4.69) is 0 Å². The van der Waals surface area contributed by atoms with E-state index in [1.54, 1.807) is 0 Å². The molecule has 0 heterocycles. The van der Waals surface area contributed by atoms with Gasteiger partial charge < -0.3 is 20.4 Å². The number of hydrogen-bond acceptors (Lipinski definition) is 4. The third-order valence-electron chi connectivity index (χ3n) is 2.28. The van der Waals surface area contributed by atoms with E-state index in [0.29, 0.717) is 25.7 Å². The summed E-state index contributed by atoms with van der Waals surface area (Å²) >= 11 is 0. The van der Waals surface area contributed by atoms with E-state index in [-0.39, 0.29) is 6.61 Å². The molecule has 0 amide bonds. The molecule has 0 aliphatic heterocycles. The number of aliphatic hydroxyl groups is 4. The predicted octanol–water partition coefficient (Wildman–Crippen LogP) is 0.0318. The van der Waals surface area contributed by atoms with Crippen LogP contribution in [0.5, 0.6) is 0 Å². The van der Waals surface area contributed by atoms with E-state index < -0.39 is 18.3 Å². The molecule has 4 N–H and O–H groups in total. The van der Waals surface area contributed by atoms with E-state index in [4.69, 9.17) is 5.11 Å². The molecule has 0 unspecified atom stereocenters. The van der Waals surface area contributed by atoms with Crippen LogP contribution in [-0.4, -0.2) is 45.3 Å². The fourth-order valence-electron chi connectivity index (χ4n) is 1.36. The van der Waals surface area contributed by atoms with Crippen molar-refractivity contribution in [2.45, 2.75) is 57.3 Å². The minimum Gasteiger partial charge on any atom is -0.396 e. The van der Waals surface area contributed by atoms with Crippen molar-refractivity contribution in [1.29, 1.82) is 0 Å². The molecular weight excluding hydrogens is 184 g/mol. The number of unbranched alkanes of at least 4 members (excludes halogenated alkanes) is 1. The van der Waals surface area contributed by atoms with Crippen LogP contribution < -0.4 is 0 Å². The van der Waals surface area contributed by atoms with Gasteiger partial charge in [-0.15, -0.1) is 0 Å². The lowest BCUT2D eigenvalue weighted by molar-refractivity contribution is -0.0649. The Morgan fingerprint density at radius 3 is 2.00 bits per heavy atom. The molecule has 4 nitrogen and oxygen atoms in total. The molecule has 0 rings (SSSR count). The average molecular weight is 206 g/mol. The topological polar surface area (TPSA) is 80.9 Å². The standard InChI is InChI=1S/C10H22O4/c1-2-5-8(12)10(14)9(13)6-3-4-7-11/h8-14H,2-7H2,1H3/t8-,9+,10+/m1/s1. The van der Waals surface area contributed by atoms with Crippen molar-refractivity contribution in [3.05, 3.63) is 0 Å². The summed E-state index contributed by atoms with van der Waals surface area (Å²) in [6.07, 6.45) is 0.185. The summed E-state index contributed by atoms with van der Waals surface area (Å²) < 4.78 is 0. The Kier molecular flexibility index (Phi) is 8.08. The quantitative estimate of drug-likeness (QED) is 0.422. The Hall–Kier alpha value is -0.160. The fraction of sp³-hybridized carbons (Fsp3) is 1.00. The van der Waals surface area contributed by atoms with Crippen molar-refractivity contribution in [2.75, 3.05) is 6.61 Å². The van der Waals surface area contributed by atoms with Crippen LogP contribution >= 0.6 is 0 Å². The zero-order chi connectivity index (χ0) is 11.0. The van der Waals surface area contributed by atoms with Gasteiger partial charge in [-0.2, -0.15) is 0 Å². The monoisotopic (exact) mass is 206 g/mol. The van der Waals surface area contributed by atoms with Crippen molar-refractivity contribution in [3.8, 4) is 0 Å². The largest absolute Gasteiger partial charge is 0.396 e. The van der Waals surface area contributed by atoms with Crippen LogP contribution in [-0.2, 0) is 0 Å². The Labute approximate surface area is 85.2 Å². The van der Waals surface area contributed by atoms with Gasteiger partial charge in [0.15, 0.2) is 0 Å². The van der Waals surface area contributed by atoms with Gasteiger partial charge >= 0.3 is 0 Å². The molecule has 0 saturated carbocycles. The highest BCUT2D eigenvalue weighted by Crippen LogP contribution is 2.11. The Balaban J connectivity index is 3.68. The van der Waals surface area contributed by atoms with Crippen LogP contribution in [0.4, 0.5) is 0 Å². The first-order chi connectivity index (χ1) is 6.63. The summed E-state index contributed by atoms with van der Waals surface area (Å²) in [7, 11) is 0. The number of hydrogen-bond donors (Lipinski definition) is 4. The second-order valence-corrected chi connectivity index (χ2v) is 3.63. The molecule has 0 aromatic heterocycles. The fourth-order valence-corrected chi connectivity index (χ4v) is 1.36. The van der Waals surface area contributed by atoms with Gasteiger partial charge in [-0.1, -0.05) is 13.3 Å². The summed E-state index contributed by atoms with van der Waals surface area (Å²) in [4.78, 5) is 0. The molecule has 14 heavy (non-hydrogen) atoms. The second kappa shape index (κ2) is 8.17. The summed E-state index contributed by atoms with van der Waals surface area (Å²) in [5, 5.41) is 36.8. The van der Waals surface area contributed by atoms with Gasteiger partial charge in [-0.25, -0.2) is 0 Å². The zero-order valence-corrected chi connectivity index (χ0v) is 8.76. The lowest BCUT2D eigenvalue weighted by atomic mass is 10.00. The zero-order valence-electron chi connectivity index (χ0n) is 8.76. The number of aliphatic hydroxyl groups excluding tert-OH is 4. The highest BCUT2D eigenvalue weighted by Gasteiger charge is 2.23. The smallest absolute Gasteiger partial charge is 0.106 e. The summed E-state index contributed by atoms with van der Waals surface area (Å²) in [5.41, 5.74) is 0. The predicted molar refractivity (Wildman–Crippen MR) is 53.9 cm³/mol. The molecule has 0 saturated heterocycles. The van der Waals surface area contributed by atoms with Crippen LogP contribution in [0.2, 0.25) is 0 Å². The van der Waals surface area contributed by atoms with Crippen molar-refractivity contribution >= 4 is 0 Å². The van der Waals surface area contributed by atoms with Crippen LogP contribution in [0.1, 0.15) is 39.0 Å². The van der Waals surface area contributed by atoms with Gasteiger partial charge in [0, 0.05) is 6.61 Å².